The van der Waals surface area contributed by atoms with E-state index in [0.29, 0.717) is 0 Å². The molecular formula is C15H28N2. The van der Waals surface area contributed by atoms with Gasteiger partial charge in [-0.3, -0.25) is 4.90 Å². The maximum Gasteiger partial charge on any atom is 0.0221 e. The van der Waals surface area contributed by atoms with Crippen molar-refractivity contribution in [3.63, 3.8) is 0 Å². The van der Waals surface area contributed by atoms with Crippen molar-refractivity contribution in [2.75, 3.05) is 26.2 Å². The van der Waals surface area contributed by atoms with Crippen LogP contribution in [0.4, 0.5) is 0 Å². The van der Waals surface area contributed by atoms with Crippen LogP contribution in [-0.2, 0) is 0 Å². The van der Waals surface area contributed by atoms with Crippen molar-refractivity contribution in [2.24, 2.45) is 11.8 Å². The minimum Gasteiger partial charge on any atom is -0.315 e. The van der Waals surface area contributed by atoms with E-state index in [1.165, 1.54) is 77.5 Å². The van der Waals surface area contributed by atoms with Gasteiger partial charge < -0.3 is 5.32 Å². The van der Waals surface area contributed by atoms with Crippen molar-refractivity contribution >= 4 is 0 Å². The summed E-state index contributed by atoms with van der Waals surface area (Å²) >= 11 is 0. The van der Waals surface area contributed by atoms with Gasteiger partial charge in [0.05, 0.1) is 0 Å². The van der Waals surface area contributed by atoms with Crippen LogP contribution in [0.1, 0.15) is 51.4 Å². The molecule has 3 rings (SSSR count). The van der Waals surface area contributed by atoms with E-state index in [2.05, 4.69) is 10.2 Å². The number of piperidine rings is 2. The van der Waals surface area contributed by atoms with Gasteiger partial charge in [0.1, 0.15) is 0 Å². The van der Waals surface area contributed by atoms with Crippen LogP contribution in [0.3, 0.4) is 0 Å². The zero-order valence-corrected chi connectivity index (χ0v) is 11.2. The van der Waals surface area contributed by atoms with Crippen LogP contribution in [0.2, 0.25) is 0 Å². The topological polar surface area (TPSA) is 15.3 Å². The molecular weight excluding hydrogens is 208 g/mol. The van der Waals surface area contributed by atoms with Gasteiger partial charge in [-0.25, -0.2) is 0 Å². The number of hydrogen-bond donors (Lipinski definition) is 1. The summed E-state index contributed by atoms with van der Waals surface area (Å²) in [7, 11) is 0. The average molecular weight is 236 g/mol. The molecule has 2 nitrogen and oxygen atoms in total. The maximum absolute atomic E-state index is 3.56. The summed E-state index contributed by atoms with van der Waals surface area (Å²) in [6, 6.07) is 0.855. The lowest BCUT2D eigenvalue weighted by atomic mass is 9.82. The molecule has 0 radical (unpaired) electrons. The predicted molar refractivity (Wildman–Crippen MR) is 72.1 cm³/mol. The second-order valence-electron chi connectivity index (χ2n) is 6.42. The van der Waals surface area contributed by atoms with E-state index < -0.39 is 0 Å². The highest BCUT2D eigenvalue weighted by Gasteiger charge is 2.31. The molecule has 0 aromatic rings. The van der Waals surface area contributed by atoms with Gasteiger partial charge in [-0.15, -0.1) is 0 Å². The molecule has 1 atom stereocenters. The first-order valence-corrected chi connectivity index (χ1v) is 7.88. The number of rotatable bonds is 2. The molecule has 0 spiro atoms. The molecule has 3 fully saturated rings. The summed E-state index contributed by atoms with van der Waals surface area (Å²) in [5, 5.41) is 3.56. The van der Waals surface area contributed by atoms with E-state index in [-0.39, 0.29) is 0 Å². The zero-order valence-electron chi connectivity index (χ0n) is 11.2. The minimum atomic E-state index is 0.855. The van der Waals surface area contributed by atoms with E-state index in [1.54, 1.807) is 0 Å². The lowest BCUT2D eigenvalue weighted by Crippen LogP contribution is -2.49. The fourth-order valence-electron chi connectivity index (χ4n) is 4.33. The molecule has 1 unspecified atom stereocenters. The highest BCUT2D eigenvalue weighted by atomic mass is 15.2. The van der Waals surface area contributed by atoms with Gasteiger partial charge in [-0.2, -0.15) is 0 Å². The highest BCUT2D eigenvalue weighted by Crippen LogP contribution is 2.37. The third-order valence-electron chi connectivity index (χ3n) is 5.43. The monoisotopic (exact) mass is 236 g/mol. The number of nitrogens with zero attached hydrogens (tertiary/aromatic N) is 1. The molecule has 3 aliphatic rings. The second-order valence-corrected chi connectivity index (χ2v) is 6.42. The van der Waals surface area contributed by atoms with Crippen LogP contribution >= 0.6 is 0 Å². The molecule has 98 valence electrons. The number of likely N-dealkylation sites (tertiary alicyclic amines) is 1. The third-order valence-corrected chi connectivity index (χ3v) is 5.43. The summed E-state index contributed by atoms with van der Waals surface area (Å²) in [4.78, 5) is 2.78. The Kier molecular flexibility index (Phi) is 4.02. The van der Waals surface area contributed by atoms with Crippen molar-refractivity contribution in [1.29, 1.82) is 0 Å². The molecule has 0 amide bonds. The van der Waals surface area contributed by atoms with E-state index in [1.807, 2.05) is 0 Å². The van der Waals surface area contributed by atoms with Crippen molar-refractivity contribution in [3.8, 4) is 0 Å². The van der Waals surface area contributed by atoms with Crippen molar-refractivity contribution < 1.29 is 0 Å². The summed E-state index contributed by atoms with van der Waals surface area (Å²) in [5.74, 6) is 2.17. The smallest absolute Gasteiger partial charge is 0.0221 e. The van der Waals surface area contributed by atoms with E-state index in [4.69, 9.17) is 0 Å². The van der Waals surface area contributed by atoms with Gasteiger partial charge in [-0.1, -0.05) is 25.7 Å². The molecule has 0 bridgehead atoms. The fourth-order valence-corrected chi connectivity index (χ4v) is 4.33. The molecule has 0 aromatic carbocycles. The Balaban J connectivity index is 1.46. The first-order chi connectivity index (χ1) is 8.43. The summed E-state index contributed by atoms with van der Waals surface area (Å²) in [6.45, 7) is 5.25. The van der Waals surface area contributed by atoms with Crippen molar-refractivity contribution in [3.05, 3.63) is 0 Å². The Morgan fingerprint density at radius 3 is 2.12 bits per heavy atom. The highest BCUT2D eigenvalue weighted by molar-refractivity contribution is 4.85. The van der Waals surface area contributed by atoms with Gasteiger partial charge in [0.2, 0.25) is 0 Å². The first-order valence-electron chi connectivity index (χ1n) is 7.88. The Morgan fingerprint density at radius 1 is 0.765 bits per heavy atom. The predicted octanol–water partition coefficient (Wildman–Crippen LogP) is 2.64. The maximum atomic E-state index is 3.56. The van der Waals surface area contributed by atoms with Gasteiger partial charge in [0.15, 0.2) is 0 Å². The summed E-state index contributed by atoms with van der Waals surface area (Å²) in [5.41, 5.74) is 0. The minimum absolute atomic E-state index is 0.855. The van der Waals surface area contributed by atoms with Crippen LogP contribution in [0.5, 0.6) is 0 Å². The Hall–Kier alpha value is -0.0800. The van der Waals surface area contributed by atoms with E-state index in [9.17, 15) is 0 Å². The van der Waals surface area contributed by atoms with Crippen LogP contribution in [0.15, 0.2) is 0 Å². The standard InChI is InChI=1S/C15H28N2/c1-2-5-13(4-1)14-7-10-17(11-8-14)15-6-3-9-16-12-15/h13-16H,1-12H2. The molecule has 1 aliphatic carbocycles. The largest absolute Gasteiger partial charge is 0.315 e. The molecule has 0 aromatic heterocycles. The van der Waals surface area contributed by atoms with Gasteiger partial charge >= 0.3 is 0 Å². The third kappa shape index (κ3) is 2.85. The van der Waals surface area contributed by atoms with Crippen molar-refractivity contribution in [1.82, 2.24) is 10.2 Å². The van der Waals surface area contributed by atoms with Crippen LogP contribution in [-0.4, -0.2) is 37.1 Å². The van der Waals surface area contributed by atoms with Crippen LogP contribution < -0.4 is 5.32 Å². The van der Waals surface area contributed by atoms with E-state index in [0.717, 1.165) is 17.9 Å². The van der Waals surface area contributed by atoms with E-state index >= 15 is 0 Å². The molecule has 2 aliphatic heterocycles. The number of hydrogen-bond acceptors (Lipinski definition) is 2. The Labute approximate surface area is 106 Å². The average Bonchev–Trinajstić information content (AvgIpc) is 2.94. The quantitative estimate of drug-likeness (QED) is 0.793. The number of nitrogens with one attached hydrogen (secondary N) is 1. The lowest BCUT2D eigenvalue weighted by molar-refractivity contribution is 0.0946. The second kappa shape index (κ2) is 5.71. The van der Waals surface area contributed by atoms with Gasteiger partial charge in [-0.05, 0) is 57.2 Å². The Morgan fingerprint density at radius 2 is 1.47 bits per heavy atom. The fraction of sp³-hybridized carbons (Fsp3) is 1.00. The SMILES string of the molecule is C1CCC(C2CCN(C3CCCNC3)CC2)C1. The molecule has 2 heteroatoms. The Bertz CT molecular complexity index is 221. The summed E-state index contributed by atoms with van der Waals surface area (Å²) < 4.78 is 0. The molecule has 1 saturated carbocycles. The summed E-state index contributed by atoms with van der Waals surface area (Å²) in [6.07, 6.45) is 11.9. The van der Waals surface area contributed by atoms with Crippen LogP contribution in [0.25, 0.3) is 0 Å². The van der Waals surface area contributed by atoms with Crippen LogP contribution in [0, 0.1) is 11.8 Å². The van der Waals surface area contributed by atoms with Gasteiger partial charge in [0.25, 0.3) is 0 Å². The van der Waals surface area contributed by atoms with Crippen molar-refractivity contribution in [2.45, 2.75) is 57.4 Å². The van der Waals surface area contributed by atoms with Gasteiger partial charge in [0, 0.05) is 12.6 Å². The first kappa shape index (κ1) is 12.0. The lowest BCUT2D eigenvalue weighted by Gasteiger charge is -2.40. The molecule has 1 N–H and O–H groups in total. The molecule has 2 saturated heterocycles. The zero-order chi connectivity index (χ0) is 11.5. The normalized spacial score (nSPS) is 34.2. The molecule has 2 heterocycles. The molecule has 17 heavy (non-hydrogen) atoms.